The van der Waals surface area contributed by atoms with Gasteiger partial charge >= 0.3 is 0 Å². The van der Waals surface area contributed by atoms with E-state index < -0.39 is 0 Å². The first-order valence-corrected chi connectivity index (χ1v) is 11.4. The average molecular weight is 423 g/mol. The summed E-state index contributed by atoms with van der Waals surface area (Å²) in [4.78, 5) is 19.9. The van der Waals surface area contributed by atoms with E-state index >= 15 is 0 Å². The second-order valence-electron chi connectivity index (χ2n) is 8.45. The monoisotopic (exact) mass is 422 g/mol. The fourth-order valence-corrected chi connectivity index (χ4v) is 4.51. The summed E-state index contributed by atoms with van der Waals surface area (Å²) in [6.07, 6.45) is 0.793. The molecule has 1 saturated heterocycles. The molecule has 2 heterocycles. The van der Waals surface area contributed by atoms with Crippen molar-refractivity contribution in [2.45, 2.75) is 26.3 Å². The maximum absolute atomic E-state index is 12.9. The van der Waals surface area contributed by atoms with Gasteiger partial charge in [-0.15, -0.1) is 0 Å². The Bertz CT molecular complexity index is 887. The van der Waals surface area contributed by atoms with Crippen LogP contribution in [0.3, 0.4) is 0 Å². The number of carbonyl (C=O) groups excluding carboxylic acids is 1. The SMILES string of the molecule is CCN(CC)c1ccc(C(=O)N[C@@H]2COc3cccc(N4CCN(C)CC4)c3C2)cc1. The van der Waals surface area contributed by atoms with E-state index in [9.17, 15) is 4.79 Å². The van der Waals surface area contributed by atoms with E-state index in [0.29, 0.717) is 12.2 Å². The van der Waals surface area contributed by atoms with Gasteiger partial charge in [0.15, 0.2) is 0 Å². The third-order valence-corrected chi connectivity index (χ3v) is 6.44. The molecule has 0 bridgehead atoms. The molecule has 2 aromatic carbocycles. The number of ether oxygens (including phenoxy) is 1. The maximum Gasteiger partial charge on any atom is 0.251 e. The van der Waals surface area contributed by atoms with Crippen LogP contribution in [0.5, 0.6) is 5.75 Å². The Labute approximate surface area is 185 Å². The van der Waals surface area contributed by atoms with Crippen molar-refractivity contribution >= 4 is 17.3 Å². The molecule has 31 heavy (non-hydrogen) atoms. The van der Waals surface area contributed by atoms with Crippen molar-refractivity contribution in [3.63, 3.8) is 0 Å². The highest BCUT2D eigenvalue weighted by Crippen LogP contribution is 2.34. The molecule has 0 aliphatic carbocycles. The topological polar surface area (TPSA) is 48.1 Å². The number of hydrogen-bond acceptors (Lipinski definition) is 5. The minimum Gasteiger partial charge on any atom is -0.491 e. The van der Waals surface area contributed by atoms with Crippen LogP contribution in [0.15, 0.2) is 42.5 Å². The minimum atomic E-state index is -0.0415. The first-order valence-electron chi connectivity index (χ1n) is 11.4. The highest BCUT2D eigenvalue weighted by atomic mass is 16.5. The van der Waals surface area contributed by atoms with E-state index in [1.54, 1.807) is 0 Å². The fourth-order valence-electron chi connectivity index (χ4n) is 4.51. The molecule has 6 heteroatoms. The molecule has 2 aliphatic rings. The maximum atomic E-state index is 12.9. The van der Waals surface area contributed by atoms with Crippen molar-refractivity contribution < 1.29 is 9.53 Å². The fraction of sp³-hybridized carbons (Fsp3) is 0.480. The van der Waals surface area contributed by atoms with Gasteiger partial charge in [0.05, 0.1) is 6.04 Å². The highest BCUT2D eigenvalue weighted by molar-refractivity contribution is 5.94. The van der Waals surface area contributed by atoms with E-state index in [4.69, 9.17) is 4.74 Å². The van der Waals surface area contributed by atoms with E-state index in [1.807, 2.05) is 30.3 Å². The van der Waals surface area contributed by atoms with Gasteiger partial charge in [0.1, 0.15) is 12.4 Å². The normalized spacial score (nSPS) is 18.8. The quantitative estimate of drug-likeness (QED) is 0.776. The van der Waals surface area contributed by atoms with Gasteiger partial charge in [0, 0.05) is 68.2 Å². The van der Waals surface area contributed by atoms with E-state index in [-0.39, 0.29) is 11.9 Å². The van der Waals surface area contributed by atoms with Crippen LogP contribution in [0.25, 0.3) is 0 Å². The number of fused-ring (bicyclic) bond motifs is 1. The summed E-state index contributed by atoms with van der Waals surface area (Å²) in [7, 11) is 2.17. The van der Waals surface area contributed by atoms with Gasteiger partial charge < -0.3 is 24.8 Å². The van der Waals surface area contributed by atoms with Crippen molar-refractivity contribution in [3.05, 3.63) is 53.6 Å². The molecule has 1 amide bonds. The van der Waals surface area contributed by atoms with E-state index in [2.05, 4.69) is 53.0 Å². The molecule has 0 saturated carbocycles. The molecular weight excluding hydrogens is 388 g/mol. The predicted molar refractivity (Wildman–Crippen MR) is 127 cm³/mol. The van der Waals surface area contributed by atoms with Crippen LogP contribution in [-0.2, 0) is 6.42 Å². The summed E-state index contributed by atoms with van der Waals surface area (Å²) < 4.78 is 6.05. The molecule has 0 spiro atoms. The van der Waals surface area contributed by atoms with Gasteiger partial charge in [0.25, 0.3) is 5.91 Å². The first kappa shape index (κ1) is 21.5. The highest BCUT2D eigenvalue weighted by Gasteiger charge is 2.26. The van der Waals surface area contributed by atoms with Crippen molar-refractivity contribution in [2.75, 3.05) is 62.7 Å². The van der Waals surface area contributed by atoms with Crippen molar-refractivity contribution in [1.29, 1.82) is 0 Å². The van der Waals surface area contributed by atoms with Gasteiger partial charge in [-0.05, 0) is 57.3 Å². The zero-order valence-corrected chi connectivity index (χ0v) is 18.9. The van der Waals surface area contributed by atoms with E-state index in [0.717, 1.165) is 57.1 Å². The van der Waals surface area contributed by atoms with Gasteiger partial charge in [-0.3, -0.25) is 4.79 Å². The van der Waals surface area contributed by atoms with Crippen LogP contribution < -0.4 is 19.9 Å². The predicted octanol–water partition coefficient (Wildman–Crippen LogP) is 3.02. The smallest absolute Gasteiger partial charge is 0.251 e. The van der Waals surface area contributed by atoms with Gasteiger partial charge in [-0.1, -0.05) is 6.07 Å². The van der Waals surface area contributed by atoms with Crippen LogP contribution in [0, 0.1) is 0 Å². The molecule has 2 aromatic rings. The summed E-state index contributed by atoms with van der Waals surface area (Å²) in [5.41, 5.74) is 4.29. The molecule has 0 unspecified atom stereocenters. The first-order chi connectivity index (χ1) is 15.1. The van der Waals surface area contributed by atoms with E-state index in [1.165, 1.54) is 11.3 Å². The zero-order valence-electron chi connectivity index (χ0n) is 18.9. The average Bonchev–Trinajstić information content (AvgIpc) is 2.80. The lowest BCUT2D eigenvalue weighted by atomic mass is 9.99. The third kappa shape index (κ3) is 4.79. The van der Waals surface area contributed by atoms with Gasteiger partial charge in [0.2, 0.25) is 0 Å². The summed E-state index contributed by atoms with van der Waals surface area (Å²) in [6.45, 7) is 10.9. The number of nitrogens with zero attached hydrogens (tertiary/aromatic N) is 3. The van der Waals surface area contributed by atoms with Gasteiger partial charge in [-0.2, -0.15) is 0 Å². The van der Waals surface area contributed by atoms with Crippen LogP contribution in [0.1, 0.15) is 29.8 Å². The summed E-state index contributed by atoms with van der Waals surface area (Å²) in [5, 5.41) is 3.19. The number of amides is 1. The lowest BCUT2D eigenvalue weighted by molar-refractivity contribution is 0.0915. The lowest BCUT2D eigenvalue weighted by Gasteiger charge is -2.37. The Morgan fingerprint density at radius 3 is 2.45 bits per heavy atom. The van der Waals surface area contributed by atoms with Crippen molar-refractivity contribution in [2.24, 2.45) is 0 Å². The van der Waals surface area contributed by atoms with Crippen molar-refractivity contribution in [3.8, 4) is 5.75 Å². The zero-order chi connectivity index (χ0) is 21.8. The molecule has 4 rings (SSSR count). The number of anilines is 2. The number of rotatable bonds is 6. The Kier molecular flexibility index (Phi) is 6.66. The summed E-state index contributed by atoms with van der Waals surface area (Å²) >= 11 is 0. The number of piperazine rings is 1. The molecule has 6 nitrogen and oxygen atoms in total. The number of carbonyl (C=O) groups is 1. The number of nitrogens with one attached hydrogen (secondary N) is 1. The molecule has 1 fully saturated rings. The third-order valence-electron chi connectivity index (χ3n) is 6.44. The Hall–Kier alpha value is -2.73. The lowest BCUT2D eigenvalue weighted by Crippen LogP contribution is -2.46. The van der Waals surface area contributed by atoms with Crippen LogP contribution in [0.2, 0.25) is 0 Å². The number of likely N-dealkylation sites (N-methyl/N-ethyl adjacent to an activating group) is 1. The largest absolute Gasteiger partial charge is 0.491 e. The number of hydrogen-bond donors (Lipinski definition) is 1. The molecule has 1 N–H and O–H groups in total. The Morgan fingerprint density at radius 2 is 1.77 bits per heavy atom. The molecule has 0 aromatic heterocycles. The molecule has 0 radical (unpaired) electrons. The van der Waals surface area contributed by atoms with Crippen LogP contribution >= 0.6 is 0 Å². The Morgan fingerprint density at radius 1 is 1.06 bits per heavy atom. The summed E-state index contributed by atoms with van der Waals surface area (Å²) in [5.74, 6) is 0.908. The minimum absolute atomic E-state index is 0.0314. The van der Waals surface area contributed by atoms with Crippen LogP contribution in [0.4, 0.5) is 11.4 Å². The van der Waals surface area contributed by atoms with Gasteiger partial charge in [-0.25, -0.2) is 0 Å². The molecule has 1 atom stereocenters. The molecule has 166 valence electrons. The standard InChI is InChI=1S/C25H34N4O2/c1-4-28(5-2)21-11-9-19(10-12-21)25(30)26-20-17-22-23(7-6-8-24(22)31-18-20)29-15-13-27(3)14-16-29/h6-12,20H,4-5,13-18H2,1-3H3,(H,26,30)/t20-/m0/s1. The molecule has 2 aliphatic heterocycles. The molecular formula is C25H34N4O2. The van der Waals surface area contributed by atoms with Crippen molar-refractivity contribution in [1.82, 2.24) is 10.2 Å². The Balaban J connectivity index is 1.43. The second kappa shape index (κ2) is 9.60. The summed E-state index contributed by atoms with van der Waals surface area (Å²) in [6, 6.07) is 14.1. The second-order valence-corrected chi connectivity index (χ2v) is 8.45. The number of benzene rings is 2. The van der Waals surface area contributed by atoms with Crippen LogP contribution in [-0.4, -0.2) is 69.8 Å².